The van der Waals surface area contributed by atoms with Crippen LogP contribution in [0.2, 0.25) is 0 Å². The average molecular weight is 302 g/mol. The van der Waals surface area contributed by atoms with Gasteiger partial charge in [0.05, 0.1) is 19.7 Å². The van der Waals surface area contributed by atoms with Crippen molar-refractivity contribution in [2.45, 2.75) is 31.8 Å². The first-order valence-electron chi connectivity index (χ1n) is 8.19. The van der Waals surface area contributed by atoms with Crippen molar-refractivity contribution in [1.82, 2.24) is 15.5 Å². The maximum absolute atomic E-state index is 5.57. The summed E-state index contributed by atoms with van der Waals surface area (Å²) in [6.07, 6.45) is 2.56. The van der Waals surface area contributed by atoms with E-state index in [1.165, 1.54) is 18.4 Å². The van der Waals surface area contributed by atoms with Crippen LogP contribution in [0.1, 0.15) is 31.4 Å². The molecule has 0 bridgehead atoms. The summed E-state index contributed by atoms with van der Waals surface area (Å²) in [6, 6.07) is 9.09. The second-order valence-corrected chi connectivity index (χ2v) is 6.12. The Kier molecular flexibility index (Phi) is 4.83. The molecule has 1 saturated heterocycles. The molecule has 0 amide bonds. The summed E-state index contributed by atoms with van der Waals surface area (Å²) in [6.45, 7) is 6.15. The molecule has 0 saturated carbocycles. The maximum Gasteiger partial charge on any atom is 0.191 e. The number of nitrogens with one attached hydrogen (secondary N) is 2. The van der Waals surface area contributed by atoms with Gasteiger partial charge in [-0.05, 0) is 38.9 Å². The number of benzene rings is 1. The Balaban J connectivity index is 1.75. The highest BCUT2D eigenvalue weighted by Crippen LogP contribution is 2.31. The van der Waals surface area contributed by atoms with Crippen LogP contribution in [0.5, 0.6) is 5.75 Å². The van der Waals surface area contributed by atoms with Crippen molar-refractivity contribution in [2.75, 3.05) is 33.3 Å². The molecule has 2 aliphatic rings. The zero-order valence-corrected chi connectivity index (χ0v) is 13.5. The summed E-state index contributed by atoms with van der Waals surface area (Å²) in [4.78, 5) is 7.04. The number of aliphatic imine (C=N–C) groups is 1. The van der Waals surface area contributed by atoms with Crippen molar-refractivity contribution in [3.8, 4) is 5.75 Å². The lowest BCUT2D eigenvalue weighted by atomic mass is 10.0. The van der Waals surface area contributed by atoms with Gasteiger partial charge in [-0.1, -0.05) is 18.2 Å². The van der Waals surface area contributed by atoms with Gasteiger partial charge in [0.15, 0.2) is 5.96 Å². The first kappa shape index (κ1) is 15.2. The van der Waals surface area contributed by atoms with Crippen LogP contribution in [0.4, 0.5) is 0 Å². The van der Waals surface area contributed by atoms with Gasteiger partial charge in [-0.2, -0.15) is 0 Å². The molecule has 3 rings (SSSR count). The van der Waals surface area contributed by atoms with Gasteiger partial charge in [0.1, 0.15) is 5.75 Å². The van der Waals surface area contributed by atoms with E-state index in [0.717, 1.165) is 37.9 Å². The summed E-state index contributed by atoms with van der Waals surface area (Å²) < 4.78 is 5.57. The number of hydrogen-bond donors (Lipinski definition) is 2. The fourth-order valence-electron chi connectivity index (χ4n) is 3.28. The number of rotatable bonds is 5. The molecule has 2 aliphatic heterocycles. The van der Waals surface area contributed by atoms with Crippen LogP contribution in [0.3, 0.4) is 0 Å². The Morgan fingerprint density at radius 2 is 2.14 bits per heavy atom. The maximum atomic E-state index is 5.57. The molecule has 120 valence electrons. The second kappa shape index (κ2) is 7.01. The lowest BCUT2D eigenvalue weighted by molar-refractivity contribution is 0.239. The van der Waals surface area contributed by atoms with E-state index in [4.69, 9.17) is 4.74 Å². The van der Waals surface area contributed by atoms with Crippen molar-refractivity contribution in [2.24, 2.45) is 4.99 Å². The van der Waals surface area contributed by atoms with Crippen LogP contribution in [-0.2, 0) is 0 Å². The van der Waals surface area contributed by atoms with Gasteiger partial charge in [-0.15, -0.1) is 0 Å². The predicted octanol–water partition coefficient (Wildman–Crippen LogP) is 1.77. The van der Waals surface area contributed by atoms with E-state index in [0.29, 0.717) is 12.1 Å². The molecule has 5 nitrogen and oxygen atoms in total. The Bertz CT molecular complexity index is 525. The standard InChI is InChI=1S/C17H26N4O/c1-13-11-18-17(20-13)19-12-15(21-9-5-6-10-21)14-7-3-4-8-16(14)22-2/h3-4,7-8,13,15H,5-6,9-12H2,1-2H3,(H2,18,19,20). The van der Waals surface area contributed by atoms with E-state index in [2.05, 4.69) is 39.6 Å². The fraction of sp³-hybridized carbons (Fsp3) is 0.588. The Labute approximate surface area is 132 Å². The van der Waals surface area contributed by atoms with Gasteiger partial charge in [-0.3, -0.25) is 9.89 Å². The first-order valence-corrected chi connectivity index (χ1v) is 8.19. The molecule has 1 aromatic carbocycles. The van der Waals surface area contributed by atoms with Crippen LogP contribution >= 0.6 is 0 Å². The number of nitrogens with zero attached hydrogens (tertiary/aromatic N) is 2. The molecule has 2 heterocycles. The normalized spacial score (nSPS) is 23.0. The molecular formula is C17H26N4O. The number of para-hydroxylation sites is 1. The van der Waals surface area contributed by atoms with E-state index >= 15 is 0 Å². The molecule has 2 N–H and O–H groups in total. The van der Waals surface area contributed by atoms with Crippen LogP contribution in [0, 0.1) is 0 Å². The lowest BCUT2D eigenvalue weighted by Crippen LogP contribution is -2.42. The van der Waals surface area contributed by atoms with Crippen LogP contribution in [0.25, 0.3) is 0 Å². The van der Waals surface area contributed by atoms with Crippen molar-refractivity contribution >= 4 is 5.96 Å². The van der Waals surface area contributed by atoms with Crippen molar-refractivity contribution in [3.63, 3.8) is 0 Å². The third-order valence-electron chi connectivity index (χ3n) is 4.45. The van der Waals surface area contributed by atoms with Crippen molar-refractivity contribution < 1.29 is 4.74 Å². The average Bonchev–Trinajstić information content (AvgIpc) is 3.20. The molecule has 1 fully saturated rings. The minimum atomic E-state index is 0.319. The highest BCUT2D eigenvalue weighted by atomic mass is 16.5. The van der Waals surface area contributed by atoms with E-state index in [9.17, 15) is 0 Å². The predicted molar refractivity (Wildman–Crippen MR) is 89.4 cm³/mol. The molecule has 2 atom stereocenters. The van der Waals surface area contributed by atoms with Crippen LogP contribution in [0.15, 0.2) is 29.3 Å². The number of likely N-dealkylation sites (tertiary alicyclic amines) is 1. The minimum Gasteiger partial charge on any atom is -0.496 e. The van der Waals surface area contributed by atoms with Crippen LogP contribution < -0.4 is 15.4 Å². The first-order chi connectivity index (χ1) is 10.8. The van der Waals surface area contributed by atoms with E-state index in [-0.39, 0.29) is 0 Å². The third kappa shape index (κ3) is 3.35. The van der Waals surface area contributed by atoms with Gasteiger partial charge in [0.25, 0.3) is 0 Å². The summed E-state index contributed by atoms with van der Waals surface area (Å²) in [5.41, 5.74) is 1.26. The highest BCUT2D eigenvalue weighted by molar-refractivity contribution is 5.81. The minimum absolute atomic E-state index is 0.319. The summed E-state index contributed by atoms with van der Waals surface area (Å²) >= 11 is 0. The Morgan fingerprint density at radius 1 is 1.36 bits per heavy atom. The topological polar surface area (TPSA) is 48.9 Å². The van der Waals surface area contributed by atoms with Crippen LogP contribution in [-0.4, -0.2) is 50.2 Å². The van der Waals surface area contributed by atoms with Gasteiger partial charge < -0.3 is 15.4 Å². The third-order valence-corrected chi connectivity index (χ3v) is 4.45. The molecule has 22 heavy (non-hydrogen) atoms. The zero-order chi connectivity index (χ0) is 15.4. The second-order valence-electron chi connectivity index (χ2n) is 6.12. The zero-order valence-electron chi connectivity index (χ0n) is 13.5. The molecule has 2 unspecified atom stereocenters. The monoisotopic (exact) mass is 302 g/mol. The molecular weight excluding hydrogens is 276 g/mol. The number of ether oxygens (including phenoxy) is 1. The Morgan fingerprint density at radius 3 is 2.82 bits per heavy atom. The molecule has 0 aromatic heterocycles. The fourth-order valence-corrected chi connectivity index (χ4v) is 3.28. The summed E-state index contributed by atoms with van der Waals surface area (Å²) in [5, 5.41) is 6.85. The molecule has 0 spiro atoms. The number of guanidine groups is 1. The SMILES string of the molecule is COc1ccccc1C(CNC1=NCC(C)N1)N1CCCC1. The van der Waals surface area contributed by atoms with Gasteiger partial charge >= 0.3 is 0 Å². The molecule has 0 radical (unpaired) electrons. The van der Waals surface area contributed by atoms with Gasteiger partial charge in [-0.25, -0.2) is 0 Å². The largest absolute Gasteiger partial charge is 0.496 e. The quantitative estimate of drug-likeness (QED) is 0.870. The Hall–Kier alpha value is -1.75. The van der Waals surface area contributed by atoms with Gasteiger partial charge in [0.2, 0.25) is 0 Å². The summed E-state index contributed by atoms with van der Waals surface area (Å²) in [7, 11) is 1.75. The highest BCUT2D eigenvalue weighted by Gasteiger charge is 2.26. The van der Waals surface area contributed by atoms with Gasteiger partial charge in [0, 0.05) is 18.2 Å². The van der Waals surface area contributed by atoms with Crippen molar-refractivity contribution in [3.05, 3.63) is 29.8 Å². The lowest BCUT2D eigenvalue weighted by Gasteiger charge is -2.29. The molecule has 0 aliphatic carbocycles. The number of methoxy groups -OCH3 is 1. The molecule has 5 heteroatoms. The van der Waals surface area contributed by atoms with E-state index < -0.39 is 0 Å². The smallest absolute Gasteiger partial charge is 0.191 e. The molecule has 1 aromatic rings. The number of hydrogen-bond acceptors (Lipinski definition) is 5. The summed E-state index contributed by atoms with van der Waals surface area (Å²) in [5.74, 6) is 1.89. The van der Waals surface area contributed by atoms with Crippen molar-refractivity contribution in [1.29, 1.82) is 0 Å². The van der Waals surface area contributed by atoms with E-state index in [1.807, 2.05) is 12.1 Å². The van der Waals surface area contributed by atoms with E-state index in [1.54, 1.807) is 7.11 Å².